The fraction of sp³-hybridized carbons (Fsp3) is 0.286. The molecule has 0 radical (unpaired) electrons. The fourth-order valence-electron chi connectivity index (χ4n) is 2.03. The van der Waals surface area contributed by atoms with Crippen LogP contribution < -0.4 is 10.1 Å². The van der Waals surface area contributed by atoms with Gasteiger partial charge in [0.25, 0.3) is 0 Å². The first-order valence-electron chi connectivity index (χ1n) is 5.97. The fourth-order valence-corrected chi connectivity index (χ4v) is 2.03. The number of nitrogens with zero attached hydrogens (tertiary/aromatic N) is 2. The third kappa shape index (κ3) is 2.68. The molecule has 0 fully saturated rings. The zero-order valence-corrected chi connectivity index (χ0v) is 11.2. The lowest BCUT2D eigenvalue weighted by Gasteiger charge is -2.14. The summed E-state index contributed by atoms with van der Waals surface area (Å²) in [5, 5.41) is 19.5. The largest absolute Gasteiger partial charge is 0.497 e. The summed E-state index contributed by atoms with van der Waals surface area (Å²) in [6, 6.07) is 9.32. The van der Waals surface area contributed by atoms with Crippen molar-refractivity contribution in [3.05, 3.63) is 41.2 Å². The second-order valence-corrected chi connectivity index (χ2v) is 4.29. The second kappa shape index (κ2) is 5.44. The molecule has 98 valence electrons. The van der Waals surface area contributed by atoms with Gasteiger partial charge in [0.2, 0.25) is 0 Å². The smallest absolute Gasteiger partial charge is 0.143 e. The topological polar surface area (TPSA) is 73.7 Å². The highest BCUT2D eigenvalue weighted by Crippen LogP contribution is 2.25. The number of rotatable bonds is 4. The number of aromatic amines is 1. The van der Waals surface area contributed by atoms with Gasteiger partial charge in [-0.2, -0.15) is 10.4 Å². The quantitative estimate of drug-likeness (QED) is 0.882. The van der Waals surface area contributed by atoms with Crippen LogP contribution in [0.1, 0.15) is 23.0 Å². The first-order valence-corrected chi connectivity index (χ1v) is 5.97. The summed E-state index contributed by atoms with van der Waals surface area (Å²) in [6.07, 6.45) is 0. The van der Waals surface area contributed by atoms with Crippen LogP contribution in [0.5, 0.6) is 5.75 Å². The van der Waals surface area contributed by atoms with E-state index < -0.39 is 6.04 Å². The maximum atomic E-state index is 9.35. The monoisotopic (exact) mass is 256 g/mol. The van der Waals surface area contributed by atoms with Crippen LogP contribution in [0.3, 0.4) is 0 Å². The van der Waals surface area contributed by atoms with E-state index in [-0.39, 0.29) is 0 Å². The lowest BCUT2D eigenvalue weighted by Crippen LogP contribution is -2.10. The molecule has 0 bridgehead atoms. The number of benzene rings is 1. The Labute approximate surface area is 112 Å². The van der Waals surface area contributed by atoms with Gasteiger partial charge in [-0.1, -0.05) is 6.07 Å². The van der Waals surface area contributed by atoms with E-state index in [4.69, 9.17) is 4.74 Å². The summed E-state index contributed by atoms with van der Waals surface area (Å²) in [6.45, 7) is 3.80. The van der Waals surface area contributed by atoms with Crippen LogP contribution >= 0.6 is 0 Å². The first-order chi connectivity index (χ1) is 9.15. The molecule has 1 unspecified atom stereocenters. The van der Waals surface area contributed by atoms with Crippen molar-refractivity contribution in [2.45, 2.75) is 19.9 Å². The second-order valence-electron chi connectivity index (χ2n) is 4.29. The standard InChI is InChI=1S/C14H16N4O/c1-9-14(10(2)18-17-9)13(8-15)16-11-5-4-6-12(7-11)19-3/h4-7,13,16H,1-3H3,(H,17,18). The summed E-state index contributed by atoms with van der Waals surface area (Å²) in [7, 11) is 1.62. The number of hydrogen-bond acceptors (Lipinski definition) is 4. The predicted octanol–water partition coefficient (Wildman–Crippen LogP) is 2.71. The van der Waals surface area contributed by atoms with Crippen molar-refractivity contribution in [3.8, 4) is 11.8 Å². The van der Waals surface area contributed by atoms with Crippen LogP contribution in [0.25, 0.3) is 0 Å². The molecule has 1 aromatic carbocycles. The van der Waals surface area contributed by atoms with Crippen molar-refractivity contribution in [2.24, 2.45) is 0 Å². The van der Waals surface area contributed by atoms with Crippen LogP contribution in [0.2, 0.25) is 0 Å². The molecule has 1 aromatic heterocycles. The van der Waals surface area contributed by atoms with E-state index in [1.807, 2.05) is 38.1 Å². The van der Waals surface area contributed by atoms with Crippen molar-refractivity contribution in [2.75, 3.05) is 12.4 Å². The molecule has 0 saturated carbocycles. The number of nitriles is 1. The zero-order valence-electron chi connectivity index (χ0n) is 11.2. The van der Waals surface area contributed by atoms with E-state index in [1.165, 1.54) is 0 Å². The third-order valence-corrected chi connectivity index (χ3v) is 2.98. The van der Waals surface area contributed by atoms with Crippen molar-refractivity contribution >= 4 is 5.69 Å². The van der Waals surface area contributed by atoms with E-state index in [0.29, 0.717) is 0 Å². The molecular formula is C14H16N4O. The molecule has 0 amide bonds. The molecule has 2 aromatic rings. The van der Waals surface area contributed by atoms with Crippen LogP contribution in [0.15, 0.2) is 24.3 Å². The van der Waals surface area contributed by atoms with Gasteiger partial charge in [-0.05, 0) is 26.0 Å². The molecular weight excluding hydrogens is 240 g/mol. The van der Waals surface area contributed by atoms with Gasteiger partial charge in [-0.25, -0.2) is 0 Å². The van der Waals surface area contributed by atoms with Crippen molar-refractivity contribution in [1.29, 1.82) is 5.26 Å². The number of H-pyrrole nitrogens is 1. The van der Waals surface area contributed by atoms with E-state index >= 15 is 0 Å². The van der Waals surface area contributed by atoms with Gasteiger partial charge in [0.1, 0.15) is 11.8 Å². The maximum absolute atomic E-state index is 9.35. The van der Waals surface area contributed by atoms with E-state index in [0.717, 1.165) is 28.4 Å². The Hall–Kier alpha value is -2.48. The van der Waals surface area contributed by atoms with Gasteiger partial charge < -0.3 is 10.1 Å². The summed E-state index contributed by atoms with van der Waals surface area (Å²) < 4.78 is 5.17. The van der Waals surface area contributed by atoms with Crippen LogP contribution in [-0.4, -0.2) is 17.3 Å². The molecule has 0 aliphatic carbocycles. The molecule has 0 aliphatic rings. The molecule has 1 atom stereocenters. The lowest BCUT2D eigenvalue weighted by atomic mass is 10.1. The Balaban J connectivity index is 2.27. The molecule has 1 heterocycles. The number of nitrogens with one attached hydrogen (secondary N) is 2. The summed E-state index contributed by atoms with van der Waals surface area (Å²) >= 11 is 0. The normalized spacial score (nSPS) is 11.7. The molecule has 0 saturated heterocycles. The number of hydrogen-bond donors (Lipinski definition) is 2. The Morgan fingerprint density at radius 3 is 2.79 bits per heavy atom. The van der Waals surface area contributed by atoms with Crippen LogP contribution in [0, 0.1) is 25.2 Å². The number of aryl methyl sites for hydroxylation is 2. The van der Waals surface area contributed by atoms with Gasteiger partial charge >= 0.3 is 0 Å². The molecule has 0 spiro atoms. The number of methoxy groups -OCH3 is 1. The van der Waals surface area contributed by atoms with Gasteiger partial charge in [0, 0.05) is 23.0 Å². The number of anilines is 1. The summed E-state index contributed by atoms with van der Waals surface area (Å²) in [4.78, 5) is 0. The molecule has 5 nitrogen and oxygen atoms in total. The first kappa shape index (κ1) is 13.0. The SMILES string of the molecule is COc1cccc(NC(C#N)c2c(C)n[nH]c2C)c1. The highest BCUT2D eigenvalue weighted by molar-refractivity contribution is 5.52. The lowest BCUT2D eigenvalue weighted by molar-refractivity contribution is 0.415. The Kier molecular flexibility index (Phi) is 3.71. The van der Waals surface area contributed by atoms with Gasteiger partial charge in [-0.15, -0.1) is 0 Å². The minimum absolute atomic E-state index is 0.439. The molecule has 19 heavy (non-hydrogen) atoms. The van der Waals surface area contributed by atoms with E-state index in [9.17, 15) is 5.26 Å². The highest BCUT2D eigenvalue weighted by Gasteiger charge is 2.18. The Morgan fingerprint density at radius 2 is 2.21 bits per heavy atom. The van der Waals surface area contributed by atoms with Crippen LogP contribution in [0.4, 0.5) is 5.69 Å². The summed E-state index contributed by atoms with van der Waals surface area (Å²) in [5.74, 6) is 0.752. The van der Waals surface area contributed by atoms with Gasteiger partial charge in [-0.3, -0.25) is 5.10 Å². The minimum atomic E-state index is -0.439. The van der Waals surface area contributed by atoms with Gasteiger partial charge in [0.05, 0.1) is 18.9 Å². The number of ether oxygens (including phenoxy) is 1. The van der Waals surface area contributed by atoms with Crippen molar-refractivity contribution in [3.63, 3.8) is 0 Å². The average Bonchev–Trinajstić information content (AvgIpc) is 2.76. The summed E-state index contributed by atoms with van der Waals surface area (Å²) in [5.41, 5.74) is 3.47. The van der Waals surface area contributed by atoms with E-state index in [2.05, 4.69) is 21.6 Å². The van der Waals surface area contributed by atoms with E-state index in [1.54, 1.807) is 7.11 Å². The zero-order chi connectivity index (χ0) is 13.8. The Bertz CT molecular complexity index is 593. The third-order valence-electron chi connectivity index (χ3n) is 2.98. The van der Waals surface area contributed by atoms with Crippen LogP contribution in [-0.2, 0) is 0 Å². The molecule has 0 aliphatic heterocycles. The molecule has 2 N–H and O–H groups in total. The van der Waals surface area contributed by atoms with Crippen molar-refractivity contribution in [1.82, 2.24) is 10.2 Å². The molecule has 2 rings (SSSR count). The molecule has 5 heteroatoms. The minimum Gasteiger partial charge on any atom is -0.497 e. The Morgan fingerprint density at radius 1 is 1.42 bits per heavy atom. The van der Waals surface area contributed by atoms with Gasteiger partial charge in [0.15, 0.2) is 0 Å². The predicted molar refractivity (Wildman–Crippen MR) is 73.0 cm³/mol. The average molecular weight is 256 g/mol. The van der Waals surface area contributed by atoms with Crippen molar-refractivity contribution < 1.29 is 4.74 Å². The maximum Gasteiger partial charge on any atom is 0.143 e. The number of aromatic nitrogens is 2. The highest BCUT2D eigenvalue weighted by atomic mass is 16.5.